The molecule has 0 aliphatic heterocycles. The smallest absolute Gasteiger partial charge is 0.119 e. The van der Waals surface area contributed by atoms with Gasteiger partial charge in [0.15, 0.2) is 0 Å². The van der Waals surface area contributed by atoms with Crippen molar-refractivity contribution in [1.82, 2.24) is 0 Å². The van der Waals surface area contributed by atoms with Gasteiger partial charge in [-0.2, -0.15) is 5.26 Å². The van der Waals surface area contributed by atoms with Crippen LogP contribution in [0.5, 0.6) is 5.75 Å². The molecule has 17 heavy (non-hydrogen) atoms. The summed E-state index contributed by atoms with van der Waals surface area (Å²) in [5.41, 5.74) is 9.09. The van der Waals surface area contributed by atoms with Gasteiger partial charge in [0.05, 0.1) is 12.5 Å². The number of azide groups is 1. The van der Waals surface area contributed by atoms with Gasteiger partial charge in [0.2, 0.25) is 0 Å². The first-order valence-electron chi connectivity index (χ1n) is 5.14. The lowest BCUT2D eigenvalue weighted by Gasteiger charge is -2.03. The zero-order chi connectivity index (χ0) is 12.3. The second-order valence-corrected chi connectivity index (χ2v) is 3.14. The highest BCUT2D eigenvalue weighted by molar-refractivity contribution is 5.50. The van der Waals surface area contributed by atoms with E-state index in [4.69, 9.17) is 15.5 Å². The van der Waals surface area contributed by atoms with E-state index in [1.54, 1.807) is 6.08 Å². The topological polar surface area (TPSA) is 81.8 Å². The van der Waals surface area contributed by atoms with Crippen molar-refractivity contribution in [2.75, 3.05) is 13.2 Å². The van der Waals surface area contributed by atoms with Crippen molar-refractivity contribution in [3.05, 3.63) is 46.3 Å². The summed E-state index contributed by atoms with van der Waals surface area (Å²) in [7, 11) is 0. The summed E-state index contributed by atoms with van der Waals surface area (Å²) in [5.74, 6) is 0.743. The molecule has 0 aromatic heterocycles. The molecule has 0 amide bonds. The average Bonchev–Trinajstić information content (AvgIpc) is 2.37. The fraction of sp³-hybridized carbons (Fsp3) is 0.250. The van der Waals surface area contributed by atoms with Crippen LogP contribution < -0.4 is 4.74 Å². The molecule has 0 saturated carbocycles. The van der Waals surface area contributed by atoms with Crippen molar-refractivity contribution in [1.29, 1.82) is 5.26 Å². The first-order chi connectivity index (χ1) is 8.36. The summed E-state index contributed by atoms with van der Waals surface area (Å²) in [6, 6.07) is 9.48. The molecule has 86 valence electrons. The first kappa shape index (κ1) is 12.6. The van der Waals surface area contributed by atoms with E-state index in [0.29, 0.717) is 19.6 Å². The predicted molar refractivity (Wildman–Crippen MR) is 65.2 cm³/mol. The van der Waals surface area contributed by atoms with Gasteiger partial charge in [-0.1, -0.05) is 29.4 Å². The molecular weight excluding hydrogens is 216 g/mol. The molecule has 1 aromatic carbocycles. The molecular formula is C12H12N4O. The van der Waals surface area contributed by atoms with Crippen LogP contribution in [0.4, 0.5) is 0 Å². The minimum absolute atomic E-state index is 0.344. The third kappa shape index (κ3) is 5.26. The molecule has 0 saturated heterocycles. The van der Waals surface area contributed by atoms with Gasteiger partial charge < -0.3 is 4.74 Å². The lowest BCUT2D eigenvalue weighted by atomic mass is 10.2. The molecule has 5 nitrogen and oxygen atoms in total. The van der Waals surface area contributed by atoms with E-state index >= 15 is 0 Å². The molecule has 0 atom stereocenters. The molecule has 0 aliphatic rings. The van der Waals surface area contributed by atoms with Gasteiger partial charge in [-0.3, -0.25) is 0 Å². The van der Waals surface area contributed by atoms with Gasteiger partial charge in [0.25, 0.3) is 0 Å². The van der Waals surface area contributed by atoms with Gasteiger partial charge in [-0.15, -0.1) is 0 Å². The van der Waals surface area contributed by atoms with E-state index in [1.807, 2.05) is 36.4 Å². The van der Waals surface area contributed by atoms with Crippen molar-refractivity contribution in [2.24, 2.45) is 5.11 Å². The second-order valence-electron chi connectivity index (χ2n) is 3.14. The van der Waals surface area contributed by atoms with Crippen LogP contribution in [0.15, 0.2) is 35.5 Å². The average molecular weight is 228 g/mol. The normalized spacial score (nSPS) is 9.59. The molecule has 0 spiro atoms. The summed E-state index contributed by atoms with van der Waals surface area (Å²) < 4.78 is 5.33. The molecule has 0 fully saturated rings. The Hall–Kier alpha value is -2.44. The lowest BCUT2D eigenvalue weighted by molar-refractivity contribution is 0.326. The molecule has 0 radical (unpaired) electrons. The van der Waals surface area contributed by atoms with Crippen LogP contribution in [-0.2, 0) is 0 Å². The number of nitriles is 1. The first-order valence-corrected chi connectivity index (χ1v) is 5.14. The van der Waals surface area contributed by atoms with Crippen molar-refractivity contribution in [3.63, 3.8) is 0 Å². The quantitative estimate of drug-likeness (QED) is 0.324. The largest absolute Gasteiger partial charge is 0.493 e. The fourth-order valence-corrected chi connectivity index (χ4v) is 1.16. The number of hydrogen-bond acceptors (Lipinski definition) is 3. The number of benzene rings is 1. The molecule has 1 rings (SSSR count). The van der Waals surface area contributed by atoms with E-state index in [2.05, 4.69) is 10.0 Å². The minimum Gasteiger partial charge on any atom is -0.493 e. The molecule has 0 aliphatic carbocycles. The van der Waals surface area contributed by atoms with E-state index in [1.165, 1.54) is 0 Å². The monoisotopic (exact) mass is 228 g/mol. The molecule has 5 heteroatoms. The molecule has 0 heterocycles. The lowest BCUT2D eigenvalue weighted by Crippen LogP contribution is -1.95. The number of hydrogen-bond donors (Lipinski definition) is 0. The summed E-state index contributed by atoms with van der Waals surface area (Å²) in [6.07, 6.45) is 4.03. The molecule has 0 bridgehead atoms. The van der Waals surface area contributed by atoms with Crippen LogP contribution in [0.2, 0.25) is 0 Å². The second kappa shape index (κ2) is 7.80. The zero-order valence-electron chi connectivity index (χ0n) is 9.28. The maximum atomic E-state index is 8.36. The van der Waals surface area contributed by atoms with Crippen LogP contribution in [0.1, 0.15) is 12.0 Å². The van der Waals surface area contributed by atoms with Gasteiger partial charge in [0, 0.05) is 11.5 Å². The van der Waals surface area contributed by atoms with Crippen molar-refractivity contribution >= 4 is 6.08 Å². The van der Waals surface area contributed by atoms with Crippen molar-refractivity contribution < 1.29 is 4.74 Å². The highest BCUT2D eigenvalue weighted by Gasteiger charge is 1.92. The van der Waals surface area contributed by atoms with Crippen LogP contribution in [0.3, 0.4) is 0 Å². The fourth-order valence-electron chi connectivity index (χ4n) is 1.16. The summed E-state index contributed by atoms with van der Waals surface area (Å²) in [6.45, 7) is 0.749. The van der Waals surface area contributed by atoms with E-state index < -0.39 is 0 Å². The Kier molecular flexibility index (Phi) is 5.79. The van der Waals surface area contributed by atoms with Crippen molar-refractivity contribution in [3.8, 4) is 11.8 Å². The van der Waals surface area contributed by atoms with Crippen LogP contribution in [0.25, 0.3) is 16.5 Å². The maximum absolute atomic E-state index is 8.36. The predicted octanol–water partition coefficient (Wildman–Crippen LogP) is 3.30. The third-order valence-corrected chi connectivity index (χ3v) is 1.92. The Bertz CT molecular complexity index is 452. The van der Waals surface area contributed by atoms with Crippen LogP contribution in [0, 0.1) is 11.3 Å². The summed E-state index contributed by atoms with van der Waals surface area (Å²) >= 11 is 0. The Morgan fingerprint density at radius 1 is 1.41 bits per heavy atom. The van der Waals surface area contributed by atoms with E-state index in [9.17, 15) is 0 Å². The summed E-state index contributed by atoms with van der Waals surface area (Å²) in [5, 5.41) is 11.7. The summed E-state index contributed by atoms with van der Waals surface area (Å²) in [4.78, 5) is 2.65. The molecule has 1 aromatic rings. The van der Waals surface area contributed by atoms with E-state index in [-0.39, 0.29) is 0 Å². The zero-order valence-corrected chi connectivity index (χ0v) is 9.28. The van der Waals surface area contributed by atoms with Crippen LogP contribution >= 0.6 is 0 Å². The number of rotatable bonds is 6. The van der Waals surface area contributed by atoms with Gasteiger partial charge in [-0.05, 0) is 23.2 Å². The highest BCUT2D eigenvalue weighted by Crippen LogP contribution is 2.13. The molecule has 0 N–H and O–H groups in total. The Labute approximate surface area is 99.6 Å². The minimum atomic E-state index is 0.344. The van der Waals surface area contributed by atoms with E-state index in [0.717, 1.165) is 11.3 Å². The number of nitrogens with zero attached hydrogens (tertiary/aromatic N) is 4. The Morgan fingerprint density at radius 3 is 2.82 bits per heavy atom. The van der Waals surface area contributed by atoms with Crippen LogP contribution in [-0.4, -0.2) is 13.2 Å². The maximum Gasteiger partial charge on any atom is 0.119 e. The van der Waals surface area contributed by atoms with Gasteiger partial charge in [-0.25, -0.2) is 0 Å². The third-order valence-electron chi connectivity index (χ3n) is 1.92. The SMILES string of the molecule is N#CCCOc1ccc(C=CCN=[N+]=[N-])cc1. The Balaban J connectivity index is 2.47. The Morgan fingerprint density at radius 2 is 2.18 bits per heavy atom. The standard InChI is InChI=1S/C12H12N4O/c13-8-2-10-17-12-6-4-11(5-7-12)3-1-9-15-16-14/h1,3-7H,2,9-10H2. The highest BCUT2D eigenvalue weighted by atomic mass is 16.5. The van der Waals surface area contributed by atoms with Gasteiger partial charge >= 0.3 is 0 Å². The van der Waals surface area contributed by atoms with Gasteiger partial charge in [0.1, 0.15) is 12.4 Å². The van der Waals surface area contributed by atoms with Crippen molar-refractivity contribution in [2.45, 2.75) is 6.42 Å². The molecule has 0 unspecified atom stereocenters. The number of ether oxygens (including phenoxy) is 1.